The fourth-order valence-electron chi connectivity index (χ4n) is 1.95. The molecular formula is C15H20N2O. The maximum atomic E-state index is 9.26. The van der Waals surface area contributed by atoms with Crippen LogP contribution in [0, 0.1) is 5.92 Å². The van der Waals surface area contributed by atoms with E-state index >= 15 is 0 Å². The Bertz CT molecular complexity index is 511. The van der Waals surface area contributed by atoms with E-state index in [2.05, 4.69) is 36.3 Å². The molecule has 1 aromatic carbocycles. The fraction of sp³-hybridized carbons (Fsp3) is 0.400. The molecule has 0 aliphatic carbocycles. The molecule has 2 N–H and O–H groups in total. The van der Waals surface area contributed by atoms with Gasteiger partial charge in [-0.25, -0.2) is 0 Å². The molecule has 1 heterocycles. The topological polar surface area (TPSA) is 45.1 Å². The minimum Gasteiger partial charge on any atom is -0.395 e. The predicted molar refractivity (Wildman–Crippen MR) is 74.3 cm³/mol. The molecule has 18 heavy (non-hydrogen) atoms. The van der Waals surface area contributed by atoms with Crippen LogP contribution in [-0.4, -0.2) is 22.7 Å². The van der Waals surface area contributed by atoms with E-state index in [-0.39, 0.29) is 12.6 Å². The summed E-state index contributed by atoms with van der Waals surface area (Å²) < 4.78 is 0. The third-order valence-corrected chi connectivity index (χ3v) is 3.20. The van der Waals surface area contributed by atoms with Crippen LogP contribution in [-0.2, 0) is 6.54 Å². The summed E-state index contributed by atoms with van der Waals surface area (Å²) in [6.07, 6.45) is 0. The molecule has 2 rings (SSSR count). The average molecular weight is 244 g/mol. The number of aliphatic hydroxyl groups is 1. The summed E-state index contributed by atoms with van der Waals surface area (Å²) in [5, 5.41) is 13.8. The van der Waals surface area contributed by atoms with Crippen LogP contribution < -0.4 is 5.32 Å². The van der Waals surface area contributed by atoms with Crippen molar-refractivity contribution in [1.29, 1.82) is 0 Å². The molecule has 0 bridgehead atoms. The largest absolute Gasteiger partial charge is 0.395 e. The Labute approximate surface area is 108 Å². The first-order chi connectivity index (χ1) is 8.70. The van der Waals surface area contributed by atoms with Crippen LogP contribution >= 0.6 is 0 Å². The first kappa shape index (κ1) is 13.0. The smallest absolute Gasteiger partial charge is 0.0705 e. The van der Waals surface area contributed by atoms with Crippen molar-refractivity contribution in [1.82, 2.24) is 10.3 Å². The molecule has 3 nitrogen and oxygen atoms in total. The molecule has 0 saturated carbocycles. The van der Waals surface area contributed by atoms with Gasteiger partial charge in [-0.15, -0.1) is 0 Å². The quantitative estimate of drug-likeness (QED) is 0.848. The standard InChI is InChI=1S/C15H20N2O/c1-11(2)15(10-18)16-9-13-8-7-12-5-3-4-6-14(12)17-13/h3-8,11,15-16,18H,9-10H2,1-2H3. The van der Waals surface area contributed by atoms with Gasteiger partial charge in [0.15, 0.2) is 0 Å². The van der Waals surface area contributed by atoms with Crippen molar-refractivity contribution in [3.05, 3.63) is 42.1 Å². The summed E-state index contributed by atoms with van der Waals surface area (Å²) in [7, 11) is 0. The van der Waals surface area contributed by atoms with Gasteiger partial charge in [-0.05, 0) is 18.1 Å². The molecule has 0 saturated heterocycles. The zero-order valence-corrected chi connectivity index (χ0v) is 10.9. The Morgan fingerprint density at radius 3 is 2.67 bits per heavy atom. The minimum absolute atomic E-state index is 0.123. The van der Waals surface area contributed by atoms with E-state index in [1.807, 2.05) is 24.3 Å². The first-order valence-electron chi connectivity index (χ1n) is 6.39. The highest BCUT2D eigenvalue weighted by atomic mass is 16.3. The Morgan fingerprint density at radius 2 is 1.94 bits per heavy atom. The van der Waals surface area contributed by atoms with Crippen LogP contribution in [0.15, 0.2) is 36.4 Å². The van der Waals surface area contributed by atoms with Crippen molar-refractivity contribution in [2.45, 2.75) is 26.4 Å². The number of nitrogens with one attached hydrogen (secondary N) is 1. The second-order valence-corrected chi connectivity index (χ2v) is 4.91. The molecule has 1 atom stereocenters. The lowest BCUT2D eigenvalue weighted by Gasteiger charge is -2.19. The van der Waals surface area contributed by atoms with Gasteiger partial charge in [-0.1, -0.05) is 38.1 Å². The van der Waals surface area contributed by atoms with Crippen molar-refractivity contribution >= 4 is 10.9 Å². The van der Waals surface area contributed by atoms with Gasteiger partial charge in [0.25, 0.3) is 0 Å². The van der Waals surface area contributed by atoms with Crippen LogP contribution in [0.3, 0.4) is 0 Å². The lowest BCUT2D eigenvalue weighted by Crippen LogP contribution is -2.36. The monoisotopic (exact) mass is 244 g/mol. The Balaban J connectivity index is 2.07. The van der Waals surface area contributed by atoms with Crippen molar-refractivity contribution in [3.63, 3.8) is 0 Å². The zero-order chi connectivity index (χ0) is 13.0. The Hall–Kier alpha value is -1.45. The van der Waals surface area contributed by atoms with Gasteiger partial charge in [0, 0.05) is 18.0 Å². The maximum Gasteiger partial charge on any atom is 0.0705 e. The summed E-state index contributed by atoms with van der Waals surface area (Å²) in [6.45, 7) is 5.04. The van der Waals surface area contributed by atoms with Gasteiger partial charge in [-0.2, -0.15) is 0 Å². The van der Waals surface area contributed by atoms with Crippen molar-refractivity contribution < 1.29 is 5.11 Å². The number of aromatic nitrogens is 1. The van der Waals surface area contributed by atoms with Gasteiger partial charge in [0.2, 0.25) is 0 Å². The van der Waals surface area contributed by atoms with Crippen molar-refractivity contribution in [3.8, 4) is 0 Å². The third-order valence-electron chi connectivity index (χ3n) is 3.20. The third kappa shape index (κ3) is 3.06. The van der Waals surface area contributed by atoms with Crippen LogP contribution in [0.5, 0.6) is 0 Å². The number of benzene rings is 1. The van der Waals surface area contributed by atoms with E-state index in [9.17, 15) is 5.11 Å². The lowest BCUT2D eigenvalue weighted by molar-refractivity contribution is 0.209. The molecule has 0 fully saturated rings. The molecule has 3 heteroatoms. The number of fused-ring (bicyclic) bond motifs is 1. The number of pyridine rings is 1. The second-order valence-electron chi connectivity index (χ2n) is 4.91. The lowest BCUT2D eigenvalue weighted by atomic mass is 10.1. The summed E-state index contributed by atoms with van der Waals surface area (Å²) in [5.41, 5.74) is 2.02. The number of rotatable bonds is 5. The molecule has 0 radical (unpaired) electrons. The Kier molecular flexibility index (Phi) is 4.28. The molecule has 0 aliphatic rings. The normalized spacial score (nSPS) is 13.1. The van der Waals surface area contributed by atoms with E-state index in [1.165, 1.54) is 0 Å². The summed E-state index contributed by atoms with van der Waals surface area (Å²) in [5.74, 6) is 0.412. The number of aliphatic hydroxyl groups excluding tert-OH is 1. The van der Waals surface area contributed by atoms with Crippen LogP contribution in [0.25, 0.3) is 10.9 Å². The highest BCUT2D eigenvalue weighted by Crippen LogP contribution is 2.12. The van der Waals surface area contributed by atoms with Crippen molar-refractivity contribution in [2.75, 3.05) is 6.61 Å². The molecule has 96 valence electrons. The van der Waals surface area contributed by atoms with Crippen LogP contribution in [0.1, 0.15) is 19.5 Å². The Morgan fingerprint density at radius 1 is 1.17 bits per heavy atom. The van der Waals surface area contributed by atoms with Crippen molar-refractivity contribution in [2.24, 2.45) is 5.92 Å². The molecular weight excluding hydrogens is 224 g/mol. The molecule has 0 aliphatic heterocycles. The van der Waals surface area contributed by atoms with Gasteiger partial charge in [0.05, 0.1) is 17.8 Å². The van der Waals surface area contributed by atoms with E-state index in [0.29, 0.717) is 12.5 Å². The van der Waals surface area contributed by atoms with E-state index in [4.69, 9.17) is 0 Å². The van der Waals surface area contributed by atoms with E-state index in [0.717, 1.165) is 16.6 Å². The summed E-state index contributed by atoms with van der Waals surface area (Å²) in [6, 6.07) is 12.3. The van der Waals surface area contributed by atoms with Crippen LogP contribution in [0.4, 0.5) is 0 Å². The van der Waals surface area contributed by atoms with E-state index < -0.39 is 0 Å². The highest BCUT2D eigenvalue weighted by molar-refractivity contribution is 5.78. The molecule has 0 spiro atoms. The van der Waals surface area contributed by atoms with Gasteiger partial charge in [0.1, 0.15) is 0 Å². The molecule has 1 unspecified atom stereocenters. The van der Waals surface area contributed by atoms with Gasteiger partial charge in [-0.3, -0.25) is 4.98 Å². The summed E-state index contributed by atoms with van der Waals surface area (Å²) >= 11 is 0. The van der Waals surface area contributed by atoms with E-state index in [1.54, 1.807) is 0 Å². The second kappa shape index (κ2) is 5.94. The summed E-state index contributed by atoms with van der Waals surface area (Å²) in [4.78, 5) is 4.60. The molecule has 1 aromatic heterocycles. The fourth-order valence-corrected chi connectivity index (χ4v) is 1.95. The average Bonchev–Trinajstić information content (AvgIpc) is 2.39. The minimum atomic E-state index is 0.123. The number of hydrogen-bond donors (Lipinski definition) is 2. The molecule has 2 aromatic rings. The number of hydrogen-bond acceptors (Lipinski definition) is 3. The maximum absolute atomic E-state index is 9.26. The molecule has 0 amide bonds. The number of para-hydroxylation sites is 1. The number of nitrogens with zero attached hydrogens (tertiary/aromatic N) is 1. The zero-order valence-electron chi connectivity index (χ0n) is 10.9. The predicted octanol–water partition coefficient (Wildman–Crippen LogP) is 2.34. The van der Waals surface area contributed by atoms with Gasteiger partial charge >= 0.3 is 0 Å². The van der Waals surface area contributed by atoms with Gasteiger partial charge < -0.3 is 10.4 Å². The first-order valence-corrected chi connectivity index (χ1v) is 6.39. The van der Waals surface area contributed by atoms with Crippen LogP contribution in [0.2, 0.25) is 0 Å². The highest BCUT2D eigenvalue weighted by Gasteiger charge is 2.11. The SMILES string of the molecule is CC(C)C(CO)NCc1ccc2ccccc2n1.